The van der Waals surface area contributed by atoms with Crippen LogP contribution in [0, 0.1) is 5.92 Å². The van der Waals surface area contributed by atoms with E-state index in [1.54, 1.807) is 0 Å². The Bertz CT molecular complexity index is 123. The van der Waals surface area contributed by atoms with Crippen LogP contribution in [0.3, 0.4) is 0 Å². The Morgan fingerprint density at radius 2 is 2.08 bits per heavy atom. The third kappa shape index (κ3) is 6.59. The molecule has 0 saturated heterocycles. The van der Waals surface area contributed by atoms with E-state index in [4.69, 9.17) is 4.74 Å². The highest BCUT2D eigenvalue weighted by Gasteiger charge is 1.96. The highest BCUT2D eigenvalue weighted by Crippen LogP contribution is 2.06. The lowest BCUT2D eigenvalue weighted by Crippen LogP contribution is -2.01. The number of hydrogen-bond donors (Lipinski definition) is 0. The van der Waals surface area contributed by atoms with E-state index < -0.39 is 0 Å². The molecule has 0 aromatic rings. The molecular weight excluding hydrogens is 168 g/mol. The second-order valence-corrected chi connectivity index (χ2v) is 4.33. The van der Waals surface area contributed by atoms with Gasteiger partial charge in [-0.1, -0.05) is 20.3 Å². The summed E-state index contributed by atoms with van der Waals surface area (Å²) >= 11 is 1.82. The van der Waals surface area contributed by atoms with Gasteiger partial charge in [0.15, 0.2) is 0 Å². The van der Waals surface area contributed by atoms with E-state index in [0.717, 1.165) is 6.61 Å². The third-order valence-electron chi connectivity index (χ3n) is 1.90. The normalized spacial score (nSPS) is 16.3. The van der Waals surface area contributed by atoms with Crippen LogP contribution in [0.2, 0.25) is 0 Å². The minimum atomic E-state index is 0.557. The topological polar surface area (TPSA) is 9.23 Å². The lowest BCUT2D eigenvalue weighted by atomic mass is 10.1. The summed E-state index contributed by atoms with van der Waals surface area (Å²) in [6, 6.07) is 0. The van der Waals surface area contributed by atoms with E-state index in [-0.39, 0.29) is 0 Å². The van der Waals surface area contributed by atoms with Crippen molar-refractivity contribution in [1.82, 2.24) is 0 Å². The van der Waals surface area contributed by atoms with E-state index in [1.165, 1.54) is 6.42 Å². The highest BCUT2D eigenvalue weighted by molar-refractivity contribution is 7.99. The van der Waals surface area contributed by atoms with Gasteiger partial charge in [-0.25, -0.2) is 0 Å². The van der Waals surface area contributed by atoms with E-state index in [0.29, 0.717) is 11.2 Å². The summed E-state index contributed by atoms with van der Waals surface area (Å²) in [6.07, 6.45) is 7.20. The largest absolute Gasteiger partial charge is 0.501 e. The Labute approximate surface area is 80.6 Å². The lowest BCUT2D eigenvalue weighted by molar-refractivity contribution is 0.200. The molecule has 1 nitrogen and oxygen atoms in total. The molecular formula is C10H20OS. The Morgan fingerprint density at radius 3 is 2.58 bits per heavy atom. The van der Waals surface area contributed by atoms with E-state index in [1.807, 2.05) is 18.0 Å². The Hall–Kier alpha value is -0.110. The molecule has 2 heteroatoms. The predicted molar refractivity (Wildman–Crippen MR) is 57.5 cm³/mol. The summed E-state index contributed by atoms with van der Waals surface area (Å²) in [6.45, 7) is 7.38. The fraction of sp³-hybridized carbons (Fsp3) is 0.800. The summed E-state index contributed by atoms with van der Waals surface area (Å²) in [5, 5.41) is 0.557. The van der Waals surface area contributed by atoms with Crippen molar-refractivity contribution in [2.45, 2.75) is 32.4 Å². The van der Waals surface area contributed by atoms with Crippen LogP contribution in [0.15, 0.2) is 12.3 Å². The molecule has 0 aromatic heterocycles. The molecule has 0 spiro atoms. The molecule has 0 rings (SSSR count). The van der Waals surface area contributed by atoms with Crippen molar-refractivity contribution in [3.63, 3.8) is 0 Å². The van der Waals surface area contributed by atoms with Crippen molar-refractivity contribution in [2.75, 3.05) is 12.9 Å². The molecule has 72 valence electrons. The molecule has 0 bridgehead atoms. The minimum absolute atomic E-state index is 0.557. The standard InChI is InChI=1S/C10H20OS/c1-5-9(2)8-11-7-6-10(3)12-4/h6-7,9-10H,5,8H2,1-4H3/b7-6-. The highest BCUT2D eigenvalue weighted by atomic mass is 32.2. The van der Waals surface area contributed by atoms with Crippen LogP contribution in [0.4, 0.5) is 0 Å². The fourth-order valence-corrected chi connectivity index (χ4v) is 0.804. The van der Waals surface area contributed by atoms with Crippen LogP contribution >= 0.6 is 11.8 Å². The van der Waals surface area contributed by atoms with Gasteiger partial charge in [-0.2, -0.15) is 11.8 Å². The van der Waals surface area contributed by atoms with Crippen molar-refractivity contribution >= 4 is 11.8 Å². The molecule has 2 unspecified atom stereocenters. The van der Waals surface area contributed by atoms with Gasteiger partial charge in [0.05, 0.1) is 12.9 Å². The average molecular weight is 188 g/mol. The van der Waals surface area contributed by atoms with Gasteiger partial charge in [0.25, 0.3) is 0 Å². The smallest absolute Gasteiger partial charge is 0.0898 e. The van der Waals surface area contributed by atoms with Crippen LogP contribution in [0.5, 0.6) is 0 Å². The van der Waals surface area contributed by atoms with Crippen LogP contribution in [-0.2, 0) is 4.74 Å². The molecule has 0 radical (unpaired) electrons. The van der Waals surface area contributed by atoms with Crippen molar-refractivity contribution in [3.05, 3.63) is 12.3 Å². The fourth-order valence-electron chi connectivity index (χ4n) is 0.582. The van der Waals surface area contributed by atoms with Crippen LogP contribution in [-0.4, -0.2) is 18.1 Å². The predicted octanol–water partition coefficient (Wildman–Crippen LogP) is 3.31. The molecule has 0 aliphatic heterocycles. The van der Waals surface area contributed by atoms with Crippen molar-refractivity contribution < 1.29 is 4.74 Å². The maximum atomic E-state index is 5.36. The van der Waals surface area contributed by atoms with Gasteiger partial charge in [0.2, 0.25) is 0 Å². The molecule has 0 amide bonds. The molecule has 0 heterocycles. The van der Waals surface area contributed by atoms with Gasteiger partial charge in [0, 0.05) is 5.25 Å². The number of rotatable bonds is 6. The van der Waals surface area contributed by atoms with E-state index >= 15 is 0 Å². The maximum absolute atomic E-state index is 5.36. The third-order valence-corrected chi connectivity index (χ3v) is 2.80. The van der Waals surface area contributed by atoms with Gasteiger partial charge in [-0.3, -0.25) is 0 Å². The molecule has 0 saturated carbocycles. The first-order valence-electron chi connectivity index (χ1n) is 4.51. The van der Waals surface area contributed by atoms with Gasteiger partial charge >= 0.3 is 0 Å². The summed E-state index contributed by atoms with van der Waals surface area (Å²) in [4.78, 5) is 0. The summed E-state index contributed by atoms with van der Waals surface area (Å²) in [7, 11) is 0. The van der Waals surface area contributed by atoms with Crippen molar-refractivity contribution in [3.8, 4) is 0 Å². The van der Waals surface area contributed by atoms with Gasteiger partial charge in [-0.05, 0) is 25.2 Å². The van der Waals surface area contributed by atoms with Crippen LogP contribution in [0.1, 0.15) is 27.2 Å². The summed E-state index contributed by atoms with van der Waals surface area (Å²) in [5.41, 5.74) is 0. The average Bonchev–Trinajstić information content (AvgIpc) is 2.11. The zero-order chi connectivity index (χ0) is 9.40. The van der Waals surface area contributed by atoms with E-state index in [9.17, 15) is 0 Å². The molecule has 0 fully saturated rings. The number of hydrogen-bond acceptors (Lipinski definition) is 2. The van der Waals surface area contributed by atoms with Gasteiger partial charge in [-0.15, -0.1) is 0 Å². The second kappa shape index (κ2) is 7.53. The Balaban J connectivity index is 3.35. The minimum Gasteiger partial charge on any atom is -0.501 e. The first kappa shape index (κ1) is 11.9. The van der Waals surface area contributed by atoms with Gasteiger partial charge in [0.1, 0.15) is 0 Å². The van der Waals surface area contributed by atoms with Gasteiger partial charge < -0.3 is 4.74 Å². The zero-order valence-corrected chi connectivity index (χ0v) is 9.36. The molecule has 0 aromatic carbocycles. The Kier molecular flexibility index (Phi) is 7.47. The zero-order valence-electron chi connectivity index (χ0n) is 8.54. The number of ether oxygens (including phenoxy) is 1. The molecule has 0 aliphatic carbocycles. The SMILES string of the molecule is CCC(C)CO/C=C\C(C)SC. The van der Waals surface area contributed by atoms with Crippen molar-refractivity contribution in [2.24, 2.45) is 5.92 Å². The first-order chi connectivity index (χ1) is 5.70. The molecule has 12 heavy (non-hydrogen) atoms. The maximum Gasteiger partial charge on any atom is 0.0898 e. The van der Waals surface area contributed by atoms with E-state index in [2.05, 4.69) is 33.1 Å². The summed E-state index contributed by atoms with van der Waals surface area (Å²) in [5.74, 6) is 0.666. The van der Waals surface area contributed by atoms with Crippen molar-refractivity contribution in [1.29, 1.82) is 0 Å². The molecule has 0 N–H and O–H groups in total. The summed E-state index contributed by atoms with van der Waals surface area (Å²) < 4.78 is 5.36. The first-order valence-corrected chi connectivity index (χ1v) is 5.80. The lowest BCUT2D eigenvalue weighted by Gasteiger charge is -2.07. The molecule has 2 atom stereocenters. The quantitative estimate of drug-likeness (QED) is 0.591. The monoisotopic (exact) mass is 188 g/mol. The van der Waals surface area contributed by atoms with Crippen LogP contribution in [0.25, 0.3) is 0 Å². The number of thioether (sulfide) groups is 1. The second-order valence-electron chi connectivity index (χ2n) is 3.12. The molecule has 0 aliphatic rings. The Morgan fingerprint density at radius 1 is 1.42 bits per heavy atom. The van der Waals surface area contributed by atoms with Crippen LogP contribution < -0.4 is 0 Å².